The van der Waals surface area contributed by atoms with Crippen molar-refractivity contribution in [1.29, 1.82) is 0 Å². The lowest BCUT2D eigenvalue weighted by Crippen LogP contribution is -2.55. The first-order chi connectivity index (χ1) is 25.5. The Morgan fingerprint density at radius 1 is 0.943 bits per heavy atom. The number of anilines is 1. The second kappa shape index (κ2) is 17.8. The Morgan fingerprint density at radius 2 is 1.64 bits per heavy atom. The Kier molecular flexibility index (Phi) is 13.2. The van der Waals surface area contributed by atoms with Crippen LogP contribution < -0.4 is 10.6 Å². The van der Waals surface area contributed by atoms with Gasteiger partial charge in [0.25, 0.3) is 5.91 Å². The fourth-order valence-corrected chi connectivity index (χ4v) is 6.24. The highest BCUT2D eigenvalue weighted by molar-refractivity contribution is 6.35. The van der Waals surface area contributed by atoms with Gasteiger partial charge >= 0.3 is 11.7 Å². The van der Waals surface area contributed by atoms with Gasteiger partial charge in [-0.15, -0.1) is 0 Å². The number of nitrogens with zero attached hydrogens (tertiary/aromatic N) is 5. The first-order valence-corrected chi connectivity index (χ1v) is 17.7. The van der Waals surface area contributed by atoms with Crippen molar-refractivity contribution in [1.82, 2.24) is 25.4 Å². The van der Waals surface area contributed by atoms with Crippen molar-refractivity contribution < 1.29 is 33.4 Å². The van der Waals surface area contributed by atoms with Crippen LogP contribution in [0.1, 0.15) is 42.7 Å². The molecule has 5 aromatic rings. The van der Waals surface area contributed by atoms with E-state index >= 15 is 0 Å². The van der Waals surface area contributed by atoms with Crippen molar-refractivity contribution >= 4 is 69.1 Å². The Labute approximate surface area is 318 Å². The number of nitro groups is 1. The van der Waals surface area contributed by atoms with Crippen LogP contribution in [-0.2, 0) is 19.0 Å². The number of fused-ring (bicyclic) bond motifs is 1. The standard InChI is InChI=1S/C35H36Cl3N7O8/c1-4-35(34(47)52-5-2,14-16-50-18-19-51-17-15-39-26-11-13-28(45(48)49)31-30(26)42-53-43-31)40-33(46)29-21(3)32(22-6-8-23(36)9-7-22)44(41-29)27-12-10-24(37)20-25(27)38/h6-13,20,39H,4-5,14-19H2,1-3H3,(H,40,46). The van der Waals surface area contributed by atoms with Gasteiger partial charge in [0.05, 0.1) is 53.4 Å². The van der Waals surface area contributed by atoms with Crippen molar-refractivity contribution in [3.8, 4) is 16.9 Å². The van der Waals surface area contributed by atoms with Crippen LogP contribution in [0, 0.1) is 17.0 Å². The predicted octanol–water partition coefficient (Wildman–Crippen LogP) is 7.23. The van der Waals surface area contributed by atoms with Gasteiger partial charge in [-0.3, -0.25) is 14.9 Å². The normalized spacial score (nSPS) is 12.4. The van der Waals surface area contributed by atoms with Gasteiger partial charge in [-0.2, -0.15) is 5.10 Å². The Morgan fingerprint density at radius 3 is 2.32 bits per heavy atom. The number of carbonyl (C=O) groups excluding carboxylic acids is 2. The zero-order valence-electron chi connectivity index (χ0n) is 29.0. The van der Waals surface area contributed by atoms with Crippen LogP contribution in [0.4, 0.5) is 11.4 Å². The van der Waals surface area contributed by atoms with Gasteiger partial charge in [0.1, 0.15) is 5.54 Å². The van der Waals surface area contributed by atoms with Crippen LogP contribution in [0.3, 0.4) is 0 Å². The van der Waals surface area contributed by atoms with Gasteiger partial charge in [0, 0.05) is 46.8 Å². The van der Waals surface area contributed by atoms with Gasteiger partial charge in [-0.25, -0.2) is 14.1 Å². The fourth-order valence-electron chi connectivity index (χ4n) is 5.63. The molecule has 280 valence electrons. The van der Waals surface area contributed by atoms with E-state index in [-0.39, 0.29) is 68.3 Å². The first-order valence-electron chi connectivity index (χ1n) is 16.6. The molecule has 3 aromatic carbocycles. The molecule has 0 aliphatic heterocycles. The van der Waals surface area contributed by atoms with E-state index < -0.39 is 22.3 Å². The minimum absolute atomic E-state index is 0.0480. The third-order valence-corrected chi connectivity index (χ3v) is 9.20. The highest BCUT2D eigenvalue weighted by Gasteiger charge is 2.41. The van der Waals surface area contributed by atoms with E-state index in [0.717, 1.165) is 5.56 Å². The van der Waals surface area contributed by atoms with Crippen molar-refractivity contribution in [2.45, 2.75) is 39.2 Å². The van der Waals surface area contributed by atoms with Crippen molar-refractivity contribution in [2.75, 3.05) is 44.9 Å². The lowest BCUT2D eigenvalue weighted by molar-refractivity contribution is -0.383. The van der Waals surface area contributed by atoms with Crippen LogP contribution in [0.25, 0.3) is 28.0 Å². The van der Waals surface area contributed by atoms with Crippen LogP contribution in [0.5, 0.6) is 0 Å². The average molecular weight is 789 g/mol. The highest BCUT2D eigenvalue weighted by Crippen LogP contribution is 2.34. The van der Waals surface area contributed by atoms with Crippen LogP contribution in [-0.4, -0.2) is 82.0 Å². The summed E-state index contributed by atoms with van der Waals surface area (Å²) in [5, 5.41) is 30.6. The molecule has 2 aromatic heterocycles. The topological polar surface area (TPSA) is 186 Å². The van der Waals surface area contributed by atoms with E-state index in [1.54, 1.807) is 55.8 Å². The van der Waals surface area contributed by atoms with Crippen LogP contribution >= 0.6 is 34.8 Å². The van der Waals surface area contributed by atoms with Gasteiger partial charge in [-0.1, -0.05) is 53.9 Å². The van der Waals surface area contributed by atoms with Crippen LogP contribution in [0.15, 0.2) is 59.2 Å². The lowest BCUT2D eigenvalue weighted by atomic mass is 9.91. The third-order valence-electron chi connectivity index (χ3n) is 8.41. The molecule has 5 rings (SSSR count). The number of halogens is 3. The lowest BCUT2D eigenvalue weighted by Gasteiger charge is -2.31. The van der Waals surface area contributed by atoms with E-state index in [4.69, 9.17) is 49.0 Å². The van der Waals surface area contributed by atoms with Gasteiger partial charge in [0.15, 0.2) is 11.2 Å². The molecule has 1 unspecified atom stereocenters. The van der Waals surface area contributed by atoms with Gasteiger partial charge < -0.3 is 24.8 Å². The average Bonchev–Trinajstić information content (AvgIpc) is 3.76. The van der Waals surface area contributed by atoms with E-state index in [0.29, 0.717) is 44.2 Å². The van der Waals surface area contributed by atoms with E-state index in [1.165, 1.54) is 12.1 Å². The molecule has 1 amide bonds. The van der Waals surface area contributed by atoms with E-state index in [9.17, 15) is 19.7 Å². The summed E-state index contributed by atoms with van der Waals surface area (Å²) in [5.74, 6) is -1.18. The molecular formula is C35H36Cl3N7O8. The molecule has 53 heavy (non-hydrogen) atoms. The van der Waals surface area contributed by atoms with Gasteiger partial charge in [0.2, 0.25) is 5.52 Å². The zero-order chi connectivity index (χ0) is 38.1. The first kappa shape index (κ1) is 39.4. The summed E-state index contributed by atoms with van der Waals surface area (Å²) in [7, 11) is 0. The highest BCUT2D eigenvalue weighted by atomic mass is 35.5. The van der Waals surface area contributed by atoms with Gasteiger partial charge in [-0.05, 0) is 67.0 Å². The molecule has 1 atom stereocenters. The SMILES string of the molecule is CCOC(=O)C(CC)(CCOCCOCCNc1ccc([N+](=O)[O-])c2nonc12)NC(=O)c1nn(-c2ccc(Cl)cc2Cl)c(-c2ccc(Cl)cc2)c1C. The Hall–Kier alpha value is -4.80. The molecule has 0 aliphatic rings. The summed E-state index contributed by atoms with van der Waals surface area (Å²) in [6.45, 7) is 6.56. The molecule has 0 aliphatic carbocycles. The van der Waals surface area contributed by atoms with E-state index in [1.807, 2.05) is 12.1 Å². The predicted molar refractivity (Wildman–Crippen MR) is 199 cm³/mol. The maximum Gasteiger partial charge on any atom is 0.331 e. The second-order valence-electron chi connectivity index (χ2n) is 11.7. The number of rotatable bonds is 18. The number of nitro benzene ring substituents is 1. The summed E-state index contributed by atoms with van der Waals surface area (Å²) >= 11 is 18.9. The maximum absolute atomic E-state index is 14.0. The maximum atomic E-state index is 14.0. The monoisotopic (exact) mass is 787 g/mol. The summed E-state index contributed by atoms with van der Waals surface area (Å²) in [6.07, 6.45) is 0.331. The number of ether oxygens (including phenoxy) is 3. The summed E-state index contributed by atoms with van der Waals surface area (Å²) in [4.78, 5) is 38.1. The number of hydrogen-bond acceptors (Lipinski definition) is 12. The largest absolute Gasteiger partial charge is 0.464 e. The molecule has 2 heterocycles. The number of amides is 1. The number of esters is 1. The minimum atomic E-state index is -1.42. The smallest absolute Gasteiger partial charge is 0.331 e. The molecule has 0 bridgehead atoms. The molecule has 2 N–H and O–H groups in total. The number of benzene rings is 3. The van der Waals surface area contributed by atoms with Crippen molar-refractivity contribution in [3.05, 3.63) is 91.0 Å². The minimum Gasteiger partial charge on any atom is -0.464 e. The number of aromatic nitrogens is 4. The fraction of sp³-hybridized carbons (Fsp3) is 0.343. The molecule has 0 saturated carbocycles. The summed E-state index contributed by atoms with van der Waals surface area (Å²) in [5.41, 5.74) is 1.64. The molecule has 0 saturated heterocycles. The number of carbonyl (C=O) groups is 2. The Balaban J connectivity index is 1.22. The molecular weight excluding hydrogens is 753 g/mol. The third kappa shape index (κ3) is 9.05. The van der Waals surface area contributed by atoms with Crippen molar-refractivity contribution in [2.24, 2.45) is 0 Å². The zero-order valence-corrected chi connectivity index (χ0v) is 31.3. The quantitative estimate of drug-likeness (QED) is 0.0393. The molecule has 0 radical (unpaired) electrons. The number of hydrogen-bond donors (Lipinski definition) is 2. The Bertz CT molecular complexity index is 2090. The molecule has 18 heteroatoms. The molecule has 15 nitrogen and oxygen atoms in total. The number of nitrogens with one attached hydrogen (secondary N) is 2. The van der Waals surface area contributed by atoms with Crippen LogP contribution in [0.2, 0.25) is 15.1 Å². The summed E-state index contributed by atoms with van der Waals surface area (Å²) < 4.78 is 23.1. The molecule has 0 fully saturated rings. The second-order valence-corrected chi connectivity index (χ2v) is 13.0. The van der Waals surface area contributed by atoms with E-state index in [2.05, 4.69) is 30.7 Å². The number of non-ortho nitro benzene ring substituents is 1. The molecule has 0 spiro atoms. The van der Waals surface area contributed by atoms with Crippen molar-refractivity contribution in [3.63, 3.8) is 0 Å². The summed E-state index contributed by atoms with van der Waals surface area (Å²) in [6, 6.07) is 14.9.